The molecule has 1 saturated carbocycles. The molecule has 1 aromatic carbocycles. The maximum atomic E-state index is 13.1. The number of aromatic hydroxyl groups is 3. The Kier molecular flexibility index (Phi) is 5.05. The molecule has 3 rings (SSSR count). The first-order valence-corrected chi connectivity index (χ1v) is 9.88. The van der Waals surface area contributed by atoms with Crippen molar-refractivity contribution < 1.29 is 39.9 Å². The maximum Gasteiger partial charge on any atom is 0.302 e. The molecule has 0 spiro atoms. The Morgan fingerprint density at radius 3 is 2.27 bits per heavy atom. The molecule has 8 nitrogen and oxygen atoms in total. The van der Waals surface area contributed by atoms with E-state index in [1.807, 2.05) is 0 Å². The highest BCUT2D eigenvalue weighted by atomic mass is 16.5. The zero-order valence-corrected chi connectivity index (χ0v) is 17.7. The van der Waals surface area contributed by atoms with Gasteiger partial charge in [0.25, 0.3) is 0 Å². The fourth-order valence-electron chi connectivity index (χ4n) is 5.28. The van der Waals surface area contributed by atoms with Crippen molar-refractivity contribution in [3.8, 4) is 17.2 Å². The number of aliphatic hydroxyl groups is 2. The van der Waals surface area contributed by atoms with Crippen molar-refractivity contribution in [2.75, 3.05) is 6.61 Å². The largest absolute Gasteiger partial charge is 0.507 e. The topological polar surface area (TPSA) is 145 Å². The second kappa shape index (κ2) is 6.91. The normalized spacial score (nSPS) is 26.1. The van der Waals surface area contributed by atoms with E-state index in [0.717, 1.165) is 0 Å². The molecule has 2 aliphatic rings. The number of ether oxygens (including phenoxy) is 1. The summed E-state index contributed by atoms with van der Waals surface area (Å²) < 4.78 is 5.43. The predicted molar refractivity (Wildman–Crippen MR) is 107 cm³/mol. The number of phenolic OH excluding ortho intramolecular Hbond substituents is 3. The second-order valence-electron chi connectivity index (χ2n) is 9.04. The van der Waals surface area contributed by atoms with E-state index < -0.39 is 64.2 Å². The monoisotopic (exact) mass is 420 g/mol. The number of rotatable bonds is 3. The first-order chi connectivity index (χ1) is 13.8. The lowest BCUT2D eigenvalue weighted by molar-refractivity contribution is -0.153. The lowest BCUT2D eigenvalue weighted by Crippen LogP contribution is -2.50. The number of phenols is 3. The van der Waals surface area contributed by atoms with Crippen LogP contribution in [0.3, 0.4) is 0 Å². The fourth-order valence-corrected chi connectivity index (χ4v) is 5.28. The second-order valence-corrected chi connectivity index (χ2v) is 9.04. The van der Waals surface area contributed by atoms with Crippen molar-refractivity contribution in [1.29, 1.82) is 0 Å². The molecule has 0 aliphatic heterocycles. The minimum Gasteiger partial charge on any atom is -0.507 e. The zero-order chi connectivity index (χ0) is 22.8. The summed E-state index contributed by atoms with van der Waals surface area (Å²) in [6.07, 6.45) is 0.0612. The molecule has 1 aromatic rings. The van der Waals surface area contributed by atoms with Crippen LogP contribution in [0.4, 0.5) is 0 Å². The Morgan fingerprint density at radius 1 is 1.13 bits per heavy atom. The molecule has 0 unspecified atom stereocenters. The molecule has 30 heavy (non-hydrogen) atoms. The van der Waals surface area contributed by atoms with Crippen molar-refractivity contribution in [2.24, 2.45) is 5.41 Å². The molecular formula is C22H28O8. The summed E-state index contributed by atoms with van der Waals surface area (Å²) in [5.74, 6) is -4.46. The molecule has 0 amide bonds. The van der Waals surface area contributed by atoms with Crippen LogP contribution in [0.2, 0.25) is 0 Å². The van der Waals surface area contributed by atoms with Gasteiger partial charge in [-0.05, 0) is 18.4 Å². The molecule has 0 saturated heterocycles. The summed E-state index contributed by atoms with van der Waals surface area (Å²) in [6, 6.07) is 0. The molecule has 0 radical (unpaired) electrons. The van der Waals surface area contributed by atoms with Gasteiger partial charge in [-0.3, -0.25) is 9.59 Å². The minimum atomic E-state index is -1.10. The SMILES string of the molecule is CC(=O)O[C@@H]1CC[C@@]2(C)C(=C(O)C(=O)c3c(O)c([C@H](C)CO)c(O)c(O)c32)C1(C)C. The van der Waals surface area contributed by atoms with Gasteiger partial charge in [0, 0.05) is 41.4 Å². The number of benzene rings is 1. The smallest absolute Gasteiger partial charge is 0.302 e. The number of carbonyl (C=O) groups is 2. The number of fused-ring (bicyclic) bond motifs is 3. The molecule has 164 valence electrons. The Hall–Kier alpha value is -2.74. The summed E-state index contributed by atoms with van der Waals surface area (Å²) in [6.45, 7) is 7.55. The molecule has 0 heterocycles. The van der Waals surface area contributed by atoms with Gasteiger partial charge in [-0.2, -0.15) is 0 Å². The van der Waals surface area contributed by atoms with Crippen molar-refractivity contribution in [2.45, 2.75) is 64.9 Å². The van der Waals surface area contributed by atoms with E-state index in [0.29, 0.717) is 6.42 Å². The summed E-state index contributed by atoms with van der Waals surface area (Å²) in [7, 11) is 0. The number of allylic oxidation sites excluding steroid dienone is 1. The maximum absolute atomic E-state index is 13.1. The van der Waals surface area contributed by atoms with Crippen molar-refractivity contribution in [3.63, 3.8) is 0 Å². The van der Waals surface area contributed by atoms with E-state index in [9.17, 15) is 35.1 Å². The highest BCUT2D eigenvalue weighted by Crippen LogP contribution is 2.61. The van der Waals surface area contributed by atoms with Gasteiger partial charge < -0.3 is 30.3 Å². The van der Waals surface area contributed by atoms with Crippen LogP contribution in [0.5, 0.6) is 17.2 Å². The fraction of sp³-hybridized carbons (Fsp3) is 0.545. The van der Waals surface area contributed by atoms with Gasteiger partial charge in [0.1, 0.15) is 11.9 Å². The third-order valence-electron chi connectivity index (χ3n) is 6.67. The van der Waals surface area contributed by atoms with E-state index >= 15 is 0 Å². The lowest BCUT2D eigenvalue weighted by atomic mass is 9.53. The molecule has 1 fully saturated rings. The predicted octanol–water partition coefficient (Wildman–Crippen LogP) is 2.92. The Bertz CT molecular complexity index is 974. The van der Waals surface area contributed by atoms with Crippen LogP contribution >= 0.6 is 0 Å². The third-order valence-corrected chi connectivity index (χ3v) is 6.67. The molecule has 5 N–H and O–H groups in total. The lowest BCUT2D eigenvalue weighted by Gasteiger charge is -2.52. The first kappa shape index (κ1) is 22.0. The molecule has 8 heteroatoms. The van der Waals surface area contributed by atoms with E-state index in [1.54, 1.807) is 20.8 Å². The van der Waals surface area contributed by atoms with E-state index in [1.165, 1.54) is 13.8 Å². The molecule has 2 aliphatic carbocycles. The van der Waals surface area contributed by atoms with Crippen molar-refractivity contribution in [3.05, 3.63) is 28.0 Å². The summed E-state index contributed by atoms with van der Waals surface area (Å²) in [5.41, 5.74) is -2.19. The van der Waals surface area contributed by atoms with Crippen LogP contribution in [0.25, 0.3) is 0 Å². The average molecular weight is 420 g/mol. The van der Waals surface area contributed by atoms with Crippen LogP contribution in [-0.4, -0.2) is 50.0 Å². The average Bonchev–Trinajstić information content (AvgIpc) is 2.64. The van der Waals surface area contributed by atoms with Crippen molar-refractivity contribution in [1.82, 2.24) is 0 Å². The van der Waals surface area contributed by atoms with Crippen LogP contribution < -0.4 is 0 Å². The molecule has 0 bridgehead atoms. The standard InChI is InChI=1S/C22H28O8/c1-9(8-23)12-15(25)13-14(18(28)16(12)26)22(5)7-6-11(30-10(2)24)21(3,4)20(22)19(29)17(13)27/h9,11,23,25-26,28-29H,6-8H2,1-5H3/t9-,11-,22-/m1/s1. The molecule has 3 atom stereocenters. The number of aliphatic hydroxyl groups excluding tert-OH is 2. The van der Waals surface area contributed by atoms with E-state index in [4.69, 9.17) is 4.74 Å². The van der Waals surface area contributed by atoms with Crippen LogP contribution in [0.15, 0.2) is 11.3 Å². The van der Waals surface area contributed by atoms with Gasteiger partial charge >= 0.3 is 5.97 Å². The number of hydrogen-bond donors (Lipinski definition) is 5. The number of Topliss-reactive ketones (excluding diaryl/α,β-unsaturated/α-hetero) is 1. The Labute approximate surface area is 174 Å². The number of esters is 1. The highest BCUT2D eigenvalue weighted by molar-refractivity contribution is 6.13. The number of carbonyl (C=O) groups excluding carboxylic acids is 2. The first-order valence-electron chi connectivity index (χ1n) is 9.88. The van der Waals surface area contributed by atoms with Gasteiger partial charge in [-0.15, -0.1) is 0 Å². The third kappa shape index (κ3) is 2.77. The zero-order valence-electron chi connectivity index (χ0n) is 17.7. The van der Waals surface area contributed by atoms with Crippen LogP contribution in [0.1, 0.15) is 74.9 Å². The minimum absolute atomic E-state index is 0.0264. The quantitative estimate of drug-likeness (QED) is 0.285. The van der Waals surface area contributed by atoms with Crippen LogP contribution in [0, 0.1) is 5.41 Å². The number of ketones is 1. The Balaban J connectivity index is 2.34. The van der Waals surface area contributed by atoms with E-state index in [-0.39, 0.29) is 28.7 Å². The molecule has 0 aromatic heterocycles. The van der Waals surface area contributed by atoms with Gasteiger partial charge in [0.2, 0.25) is 5.78 Å². The summed E-state index contributed by atoms with van der Waals surface area (Å²) in [5, 5.41) is 52.7. The van der Waals surface area contributed by atoms with Gasteiger partial charge in [0.05, 0.1) is 5.56 Å². The van der Waals surface area contributed by atoms with Crippen molar-refractivity contribution >= 4 is 11.8 Å². The van der Waals surface area contributed by atoms with Gasteiger partial charge in [0.15, 0.2) is 17.3 Å². The summed E-state index contributed by atoms with van der Waals surface area (Å²) >= 11 is 0. The highest BCUT2D eigenvalue weighted by Gasteiger charge is 2.57. The Morgan fingerprint density at radius 2 is 1.73 bits per heavy atom. The van der Waals surface area contributed by atoms with Gasteiger partial charge in [-0.25, -0.2) is 0 Å². The van der Waals surface area contributed by atoms with Gasteiger partial charge in [-0.1, -0.05) is 27.7 Å². The van der Waals surface area contributed by atoms with E-state index in [2.05, 4.69) is 0 Å². The summed E-state index contributed by atoms with van der Waals surface area (Å²) in [4.78, 5) is 24.7. The van der Waals surface area contributed by atoms with Crippen LogP contribution in [-0.2, 0) is 14.9 Å². The molecular weight excluding hydrogens is 392 g/mol. The number of hydrogen-bond acceptors (Lipinski definition) is 8.